The van der Waals surface area contributed by atoms with Crippen LogP contribution in [0.2, 0.25) is 0 Å². The Hall–Kier alpha value is -0.650. The molecule has 0 spiro atoms. The maximum Gasteiger partial charge on any atom is 0.254 e. The third-order valence-electron chi connectivity index (χ3n) is 3.55. The van der Waals surface area contributed by atoms with E-state index in [1.165, 1.54) is 5.56 Å². The Kier molecular flexibility index (Phi) is 4.29. The molecule has 0 saturated carbocycles. The van der Waals surface area contributed by atoms with E-state index in [2.05, 4.69) is 48.7 Å². The van der Waals surface area contributed by atoms with Crippen LogP contribution in [0.4, 0.5) is 0 Å². The number of halogens is 2. The molecular formula is C15H13Br2NOS. The molecule has 104 valence electrons. The van der Waals surface area contributed by atoms with Crippen LogP contribution in [-0.2, 0) is 0 Å². The molecule has 0 bridgehead atoms. The molecule has 1 fully saturated rings. The lowest BCUT2D eigenvalue weighted by molar-refractivity contribution is 0.0736. The lowest BCUT2D eigenvalue weighted by Gasteiger charge is -2.24. The summed E-state index contributed by atoms with van der Waals surface area (Å²) in [5.74, 6) is 0.112. The first kappa shape index (κ1) is 14.3. The van der Waals surface area contributed by atoms with Crippen LogP contribution in [-0.4, -0.2) is 17.4 Å². The highest BCUT2D eigenvalue weighted by Gasteiger charge is 2.30. The van der Waals surface area contributed by atoms with Crippen LogP contribution in [0.15, 0.2) is 44.0 Å². The number of amides is 1. The van der Waals surface area contributed by atoms with E-state index in [-0.39, 0.29) is 11.9 Å². The van der Waals surface area contributed by atoms with E-state index in [9.17, 15) is 4.79 Å². The first-order chi connectivity index (χ1) is 9.65. The second-order valence-electron chi connectivity index (χ2n) is 4.87. The van der Waals surface area contributed by atoms with E-state index in [0.29, 0.717) is 0 Å². The number of hydrogen-bond donors (Lipinski definition) is 0. The molecule has 1 aliphatic heterocycles. The molecule has 20 heavy (non-hydrogen) atoms. The number of carbonyl (C=O) groups is 1. The summed E-state index contributed by atoms with van der Waals surface area (Å²) in [5, 5.41) is 4.22. The van der Waals surface area contributed by atoms with Crippen molar-refractivity contribution in [3.05, 3.63) is 55.1 Å². The van der Waals surface area contributed by atoms with Gasteiger partial charge in [0.15, 0.2) is 0 Å². The number of likely N-dealkylation sites (tertiary alicyclic amines) is 1. The van der Waals surface area contributed by atoms with Crippen LogP contribution in [0, 0.1) is 0 Å². The van der Waals surface area contributed by atoms with Crippen LogP contribution in [0.1, 0.15) is 34.8 Å². The summed E-state index contributed by atoms with van der Waals surface area (Å²) in [6, 6.07) is 8.06. The smallest absolute Gasteiger partial charge is 0.254 e. The van der Waals surface area contributed by atoms with Gasteiger partial charge in [0.25, 0.3) is 5.91 Å². The number of hydrogen-bond acceptors (Lipinski definition) is 2. The van der Waals surface area contributed by atoms with Gasteiger partial charge in [-0.05, 0) is 53.4 Å². The Morgan fingerprint density at radius 3 is 2.65 bits per heavy atom. The molecule has 0 aliphatic carbocycles. The van der Waals surface area contributed by atoms with E-state index in [4.69, 9.17) is 0 Å². The van der Waals surface area contributed by atoms with E-state index in [1.807, 2.05) is 23.1 Å². The number of rotatable bonds is 2. The third kappa shape index (κ3) is 2.85. The molecule has 1 aromatic heterocycles. The zero-order valence-electron chi connectivity index (χ0n) is 10.7. The Labute approximate surface area is 139 Å². The average molecular weight is 415 g/mol. The highest BCUT2D eigenvalue weighted by molar-refractivity contribution is 9.11. The molecule has 2 aromatic rings. The summed E-state index contributed by atoms with van der Waals surface area (Å²) in [4.78, 5) is 14.7. The van der Waals surface area contributed by atoms with Crippen molar-refractivity contribution in [2.75, 3.05) is 6.54 Å². The second-order valence-corrected chi connectivity index (χ2v) is 7.48. The van der Waals surface area contributed by atoms with Crippen LogP contribution in [0.5, 0.6) is 0 Å². The molecule has 2 nitrogen and oxygen atoms in total. The third-order valence-corrected chi connectivity index (χ3v) is 5.17. The maximum absolute atomic E-state index is 12.7. The fourth-order valence-corrected chi connectivity index (χ4v) is 4.66. The summed E-state index contributed by atoms with van der Waals surface area (Å²) in [6.07, 6.45) is 2.12. The molecule has 2 heterocycles. The zero-order valence-corrected chi connectivity index (χ0v) is 14.7. The van der Waals surface area contributed by atoms with E-state index < -0.39 is 0 Å². The van der Waals surface area contributed by atoms with Crippen molar-refractivity contribution in [3.63, 3.8) is 0 Å². The summed E-state index contributed by atoms with van der Waals surface area (Å²) < 4.78 is 1.84. The first-order valence-corrected chi connectivity index (χ1v) is 8.97. The van der Waals surface area contributed by atoms with Gasteiger partial charge in [-0.15, -0.1) is 0 Å². The van der Waals surface area contributed by atoms with Crippen molar-refractivity contribution in [2.45, 2.75) is 18.9 Å². The van der Waals surface area contributed by atoms with Gasteiger partial charge >= 0.3 is 0 Å². The van der Waals surface area contributed by atoms with Gasteiger partial charge < -0.3 is 4.90 Å². The van der Waals surface area contributed by atoms with E-state index in [0.717, 1.165) is 33.9 Å². The normalized spacial score (nSPS) is 18.5. The standard InChI is InChI=1S/C15H13Br2NOS/c16-12-6-11(7-13(17)8-12)15(19)18-4-1-2-14(18)10-3-5-20-9-10/h3,5-9,14H,1-2,4H2. The number of thiophene rings is 1. The quantitative estimate of drug-likeness (QED) is 0.656. The van der Waals surface area contributed by atoms with Gasteiger partial charge in [-0.1, -0.05) is 31.9 Å². The van der Waals surface area contributed by atoms with Crippen molar-refractivity contribution in [1.82, 2.24) is 4.90 Å². The summed E-state index contributed by atoms with van der Waals surface area (Å²) >= 11 is 8.58. The lowest BCUT2D eigenvalue weighted by atomic mass is 10.1. The van der Waals surface area contributed by atoms with Crippen molar-refractivity contribution in [2.24, 2.45) is 0 Å². The fraction of sp³-hybridized carbons (Fsp3) is 0.267. The Morgan fingerprint density at radius 2 is 2.00 bits per heavy atom. The highest BCUT2D eigenvalue weighted by atomic mass is 79.9. The van der Waals surface area contributed by atoms with E-state index in [1.54, 1.807) is 11.3 Å². The van der Waals surface area contributed by atoms with Crippen LogP contribution in [0.25, 0.3) is 0 Å². The second kappa shape index (κ2) is 6.00. The molecule has 1 saturated heterocycles. The average Bonchev–Trinajstić information content (AvgIpc) is 3.07. The van der Waals surface area contributed by atoms with Gasteiger partial charge in [0.05, 0.1) is 6.04 Å². The minimum Gasteiger partial charge on any atom is -0.332 e. The zero-order chi connectivity index (χ0) is 14.1. The number of nitrogens with zero attached hydrogens (tertiary/aromatic N) is 1. The predicted octanol–water partition coefficient (Wildman–Crippen LogP) is 5.25. The molecule has 1 amide bonds. The maximum atomic E-state index is 12.7. The molecule has 1 unspecified atom stereocenters. The lowest BCUT2D eigenvalue weighted by Crippen LogP contribution is -2.30. The van der Waals surface area contributed by atoms with Gasteiger partial charge in [0.2, 0.25) is 0 Å². The van der Waals surface area contributed by atoms with Gasteiger partial charge in [-0.3, -0.25) is 4.79 Å². The Balaban J connectivity index is 1.89. The summed E-state index contributed by atoms with van der Waals surface area (Å²) in [5.41, 5.74) is 1.99. The van der Waals surface area contributed by atoms with Crippen molar-refractivity contribution < 1.29 is 4.79 Å². The molecule has 3 rings (SSSR count). The highest BCUT2D eigenvalue weighted by Crippen LogP contribution is 2.34. The van der Waals surface area contributed by atoms with Crippen LogP contribution in [0.3, 0.4) is 0 Å². The van der Waals surface area contributed by atoms with Crippen molar-refractivity contribution in [1.29, 1.82) is 0 Å². The minimum absolute atomic E-state index is 0.112. The van der Waals surface area contributed by atoms with Gasteiger partial charge in [-0.25, -0.2) is 0 Å². The van der Waals surface area contributed by atoms with Crippen LogP contribution >= 0.6 is 43.2 Å². The minimum atomic E-state index is 0.112. The molecule has 1 atom stereocenters. The Bertz CT molecular complexity index is 607. The summed E-state index contributed by atoms with van der Waals surface area (Å²) in [6.45, 7) is 0.837. The van der Waals surface area contributed by atoms with Gasteiger partial charge in [0.1, 0.15) is 0 Å². The molecular weight excluding hydrogens is 402 g/mol. The fourth-order valence-electron chi connectivity index (χ4n) is 2.66. The number of benzene rings is 1. The molecule has 0 N–H and O–H groups in total. The van der Waals surface area contributed by atoms with Gasteiger partial charge in [-0.2, -0.15) is 11.3 Å². The first-order valence-electron chi connectivity index (χ1n) is 6.44. The van der Waals surface area contributed by atoms with Crippen molar-refractivity contribution >= 4 is 49.1 Å². The summed E-state index contributed by atoms with van der Waals surface area (Å²) in [7, 11) is 0. The van der Waals surface area contributed by atoms with Crippen LogP contribution < -0.4 is 0 Å². The molecule has 1 aromatic carbocycles. The largest absolute Gasteiger partial charge is 0.332 e. The number of carbonyl (C=O) groups excluding carboxylic acids is 1. The monoisotopic (exact) mass is 413 g/mol. The Morgan fingerprint density at radius 1 is 1.25 bits per heavy atom. The predicted molar refractivity (Wildman–Crippen MR) is 89.2 cm³/mol. The molecule has 5 heteroatoms. The van der Waals surface area contributed by atoms with Gasteiger partial charge in [0, 0.05) is 21.1 Å². The molecule has 0 radical (unpaired) electrons. The molecule has 1 aliphatic rings. The van der Waals surface area contributed by atoms with E-state index >= 15 is 0 Å². The SMILES string of the molecule is O=C(c1cc(Br)cc(Br)c1)N1CCCC1c1ccsc1. The van der Waals surface area contributed by atoms with Crippen molar-refractivity contribution in [3.8, 4) is 0 Å². The topological polar surface area (TPSA) is 20.3 Å².